The number of carbonyl (C=O) groups excluding carboxylic acids is 2. The minimum atomic E-state index is -0.939. The Kier molecular flexibility index (Phi) is 15.8. The summed E-state index contributed by atoms with van der Waals surface area (Å²) in [5, 5.41) is 10.7. The Balaban J connectivity index is 1.45. The van der Waals surface area contributed by atoms with Gasteiger partial charge in [-0.15, -0.1) is 0 Å². The number of hydrogen-bond donors (Lipinski definition) is 1. The number of allylic oxidation sites excluding steroid dienone is 2. The molecule has 42 heavy (non-hydrogen) atoms. The van der Waals surface area contributed by atoms with Crippen molar-refractivity contribution in [1.82, 2.24) is 0 Å². The number of ether oxygens (including phenoxy) is 3. The van der Waals surface area contributed by atoms with E-state index in [-0.39, 0.29) is 24.3 Å². The summed E-state index contributed by atoms with van der Waals surface area (Å²) in [5.74, 6) is -1.22. The van der Waals surface area contributed by atoms with E-state index >= 15 is 0 Å². The minimum absolute atomic E-state index is 0.0405. The molecule has 1 N–H and O–H groups in total. The zero-order chi connectivity index (χ0) is 30.1. The highest BCUT2D eigenvalue weighted by atomic mass is 16.7. The number of hydrogen-bond acceptors (Lipinski definition) is 6. The standard InChI is InChI=1S/C36H60O6/c1-3-5-7-9-11-13-15-17-19-32(20-18-16-14-12-10-8-6-4-2)40-34(39)28-33-27-31(38)29-36(41-33)26-25-35(42-36)23-21-30(37)22-24-35/h21-24,31-33,38H,3-20,25-29H2,1-2H3/t31?,33?,36-/m1/s1. The van der Waals surface area contributed by atoms with Gasteiger partial charge in [0.25, 0.3) is 0 Å². The summed E-state index contributed by atoms with van der Waals surface area (Å²) in [6, 6.07) is 0. The molecular weight excluding hydrogens is 528 g/mol. The van der Waals surface area contributed by atoms with Crippen molar-refractivity contribution in [2.24, 2.45) is 0 Å². The fourth-order valence-electron chi connectivity index (χ4n) is 6.82. The van der Waals surface area contributed by atoms with E-state index < -0.39 is 23.6 Å². The minimum Gasteiger partial charge on any atom is -0.462 e. The highest BCUT2D eigenvalue weighted by molar-refractivity contribution is 6.00. The number of rotatable bonds is 21. The first-order chi connectivity index (χ1) is 20.4. The summed E-state index contributed by atoms with van der Waals surface area (Å²) >= 11 is 0. The zero-order valence-corrected chi connectivity index (χ0v) is 26.8. The van der Waals surface area contributed by atoms with Gasteiger partial charge in [-0.2, -0.15) is 0 Å². The van der Waals surface area contributed by atoms with Gasteiger partial charge in [0.05, 0.1) is 18.6 Å². The SMILES string of the molecule is CCCCCCCCCCC(CCCCCCCCCC)OC(=O)CC1CC(O)C[C@]2(CCC3(C=CC(=O)C=C3)O2)O1. The monoisotopic (exact) mass is 588 g/mol. The Morgan fingerprint density at radius 3 is 1.93 bits per heavy atom. The molecule has 0 aromatic rings. The van der Waals surface area contributed by atoms with Gasteiger partial charge in [0, 0.05) is 19.3 Å². The van der Waals surface area contributed by atoms with Gasteiger partial charge < -0.3 is 19.3 Å². The molecule has 6 nitrogen and oxygen atoms in total. The van der Waals surface area contributed by atoms with Crippen LogP contribution in [0.3, 0.4) is 0 Å². The predicted molar refractivity (Wildman–Crippen MR) is 168 cm³/mol. The van der Waals surface area contributed by atoms with E-state index in [9.17, 15) is 14.7 Å². The molecule has 3 aliphatic rings. The fraction of sp³-hybridized carbons (Fsp3) is 0.833. The van der Waals surface area contributed by atoms with Crippen LogP contribution in [0.2, 0.25) is 0 Å². The van der Waals surface area contributed by atoms with E-state index in [0.717, 1.165) is 25.7 Å². The molecule has 6 heteroatoms. The Labute approximate surface area is 256 Å². The Morgan fingerprint density at radius 2 is 1.38 bits per heavy atom. The molecule has 0 amide bonds. The number of esters is 1. The first-order valence-electron chi connectivity index (χ1n) is 17.6. The predicted octanol–water partition coefficient (Wildman–Crippen LogP) is 8.83. The molecular formula is C36H60O6. The molecule has 2 spiro atoms. The molecule has 0 bridgehead atoms. The number of aliphatic hydroxyl groups is 1. The summed E-state index contributed by atoms with van der Waals surface area (Å²) in [4.78, 5) is 24.8. The van der Waals surface area contributed by atoms with Crippen LogP contribution in [0.25, 0.3) is 0 Å². The number of ketones is 1. The topological polar surface area (TPSA) is 82.1 Å². The van der Waals surface area contributed by atoms with Crippen molar-refractivity contribution in [2.45, 2.75) is 191 Å². The lowest BCUT2D eigenvalue weighted by Gasteiger charge is -2.41. The van der Waals surface area contributed by atoms with Crippen LogP contribution in [0.4, 0.5) is 0 Å². The van der Waals surface area contributed by atoms with Crippen molar-refractivity contribution in [1.29, 1.82) is 0 Å². The summed E-state index contributed by atoms with van der Waals surface area (Å²) in [6.07, 6.45) is 29.9. The van der Waals surface area contributed by atoms with Crippen LogP contribution in [0.1, 0.15) is 162 Å². The largest absolute Gasteiger partial charge is 0.462 e. The average molecular weight is 589 g/mol. The van der Waals surface area contributed by atoms with Crippen LogP contribution in [0.5, 0.6) is 0 Å². The maximum Gasteiger partial charge on any atom is 0.308 e. The third kappa shape index (κ3) is 12.6. The molecule has 2 unspecified atom stereocenters. The third-order valence-corrected chi connectivity index (χ3v) is 9.25. The molecule has 2 aliphatic heterocycles. The molecule has 0 aromatic carbocycles. The lowest BCUT2D eigenvalue weighted by atomic mass is 9.91. The third-order valence-electron chi connectivity index (χ3n) is 9.25. The summed E-state index contributed by atoms with van der Waals surface area (Å²) in [6.45, 7) is 4.51. The van der Waals surface area contributed by atoms with E-state index in [0.29, 0.717) is 25.7 Å². The molecule has 3 rings (SSSR count). The molecule has 0 saturated carbocycles. The Morgan fingerprint density at radius 1 is 0.857 bits per heavy atom. The van der Waals surface area contributed by atoms with E-state index in [2.05, 4.69) is 13.8 Å². The van der Waals surface area contributed by atoms with Crippen molar-refractivity contribution in [3.05, 3.63) is 24.3 Å². The van der Waals surface area contributed by atoms with Crippen molar-refractivity contribution < 1.29 is 28.9 Å². The van der Waals surface area contributed by atoms with Crippen LogP contribution in [0.15, 0.2) is 24.3 Å². The molecule has 2 saturated heterocycles. The van der Waals surface area contributed by atoms with Crippen molar-refractivity contribution in [3.63, 3.8) is 0 Å². The summed E-state index contributed by atoms with van der Waals surface area (Å²) in [5.41, 5.74) is -0.673. The second-order valence-corrected chi connectivity index (χ2v) is 13.2. The zero-order valence-electron chi connectivity index (χ0n) is 26.8. The first kappa shape index (κ1) is 35.0. The highest BCUT2D eigenvalue weighted by Gasteiger charge is 2.52. The normalized spacial score (nSPS) is 24.8. The van der Waals surface area contributed by atoms with Crippen LogP contribution < -0.4 is 0 Å². The summed E-state index contributed by atoms with van der Waals surface area (Å²) < 4.78 is 18.8. The van der Waals surface area contributed by atoms with Gasteiger partial charge in [-0.25, -0.2) is 0 Å². The smallest absolute Gasteiger partial charge is 0.308 e. The van der Waals surface area contributed by atoms with Crippen molar-refractivity contribution in [3.8, 4) is 0 Å². The van der Waals surface area contributed by atoms with E-state index in [1.54, 1.807) is 12.2 Å². The van der Waals surface area contributed by atoms with E-state index in [1.807, 2.05) is 0 Å². The second-order valence-electron chi connectivity index (χ2n) is 13.2. The molecule has 2 fully saturated rings. The van der Waals surface area contributed by atoms with Gasteiger partial charge in [-0.05, 0) is 56.4 Å². The highest BCUT2D eigenvalue weighted by Crippen LogP contribution is 2.47. The van der Waals surface area contributed by atoms with Gasteiger partial charge in [-0.3, -0.25) is 9.59 Å². The molecule has 2 heterocycles. The van der Waals surface area contributed by atoms with Crippen LogP contribution in [-0.4, -0.2) is 46.6 Å². The van der Waals surface area contributed by atoms with Gasteiger partial charge in [0.15, 0.2) is 11.6 Å². The maximum atomic E-state index is 13.1. The Hall–Kier alpha value is -1.50. The van der Waals surface area contributed by atoms with Crippen LogP contribution >= 0.6 is 0 Å². The molecule has 0 radical (unpaired) electrons. The summed E-state index contributed by atoms with van der Waals surface area (Å²) in [7, 11) is 0. The number of aliphatic hydroxyl groups excluding tert-OH is 1. The average Bonchev–Trinajstić information content (AvgIpc) is 3.28. The Bertz CT molecular complexity index is 814. The van der Waals surface area contributed by atoms with Crippen molar-refractivity contribution in [2.75, 3.05) is 0 Å². The van der Waals surface area contributed by atoms with Crippen molar-refractivity contribution >= 4 is 11.8 Å². The van der Waals surface area contributed by atoms with Gasteiger partial charge in [0.1, 0.15) is 11.7 Å². The first-order valence-corrected chi connectivity index (χ1v) is 17.6. The van der Waals surface area contributed by atoms with Crippen LogP contribution in [-0.2, 0) is 23.8 Å². The van der Waals surface area contributed by atoms with E-state index in [4.69, 9.17) is 14.2 Å². The van der Waals surface area contributed by atoms with E-state index in [1.165, 1.54) is 102 Å². The molecule has 240 valence electrons. The number of unbranched alkanes of at least 4 members (excludes halogenated alkanes) is 14. The van der Waals surface area contributed by atoms with Crippen LogP contribution in [0, 0.1) is 0 Å². The van der Waals surface area contributed by atoms with Gasteiger partial charge in [0.2, 0.25) is 0 Å². The maximum absolute atomic E-state index is 13.1. The quantitative estimate of drug-likeness (QED) is 0.107. The lowest BCUT2D eigenvalue weighted by Crippen LogP contribution is -2.48. The van der Waals surface area contributed by atoms with Gasteiger partial charge >= 0.3 is 5.97 Å². The van der Waals surface area contributed by atoms with Gasteiger partial charge in [-0.1, -0.05) is 104 Å². The molecule has 0 aromatic heterocycles. The lowest BCUT2D eigenvalue weighted by molar-refractivity contribution is -0.291. The second kappa shape index (κ2) is 19.0. The molecule has 1 aliphatic carbocycles. The number of carbonyl (C=O) groups is 2. The molecule has 3 atom stereocenters. The fourth-order valence-corrected chi connectivity index (χ4v) is 6.82.